The summed E-state index contributed by atoms with van der Waals surface area (Å²) >= 11 is 0. The highest BCUT2D eigenvalue weighted by molar-refractivity contribution is 5.36. The number of nitrogens with one attached hydrogen (secondary N) is 1. The van der Waals surface area contributed by atoms with E-state index < -0.39 is 0 Å². The molecule has 0 saturated carbocycles. The fourth-order valence-electron chi connectivity index (χ4n) is 1.59. The average Bonchev–Trinajstić information content (AvgIpc) is 2.45. The maximum atomic E-state index is 8.99. The normalized spacial score (nSPS) is 10.1. The summed E-state index contributed by atoms with van der Waals surface area (Å²) in [5.74, 6) is 1.32. The van der Waals surface area contributed by atoms with Crippen LogP contribution in [-0.2, 0) is 13.2 Å². The van der Waals surface area contributed by atoms with Crippen LogP contribution in [0.15, 0.2) is 36.5 Å². The van der Waals surface area contributed by atoms with Gasteiger partial charge < -0.3 is 15.2 Å². The van der Waals surface area contributed by atoms with E-state index in [0.29, 0.717) is 18.2 Å². The molecule has 0 spiro atoms. The van der Waals surface area contributed by atoms with Crippen LogP contribution >= 0.6 is 0 Å². The fraction of sp³-hybridized carbons (Fsp3) is 0.231. The Hall–Kier alpha value is -2.14. The van der Waals surface area contributed by atoms with Gasteiger partial charge in [0.25, 0.3) is 0 Å². The van der Waals surface area contributed by atoms with E-state index in [1.165, 1.54) is 0 Å². The predicted molar refractivity (Wildman–Crippen MR) is 68.3 cm³/mol. The number of methoxy groups -OCH3 is 1. The van der Waals surface area contributed by atoms with Crippen LogP contribution < -0.4 is 10.1 Å². The fourth-order valence-corrected chi connectivity index (χ4v) is 1.59. The summed E-state index contributed by atoms with van der Waals surface area (Å²) in [6.45, 7) is 0.477. The molecule has 0 saturated heterocycles. The molecule has 0 aliphatic heterocycles. The van der Waals surface area contributed by atoms with Crippen molar-refractivity contribution in [2.75, 3.05) is 12.4 Å². The van der Waals surface area contributed by atoms with E-state index in [9.17, 15) is 0 Å². The zero-order chi connectivity index (χ0) is 12.8. The number of anilines is 1. The Balaban J connectivity index is 2.06. The van der Waals surface area contributed by atoms with Gasteiger partial charge >= 0.3 is 0 Å². The Bertz CT molecular complexity index is 517. The molecule has 0 radical (unpaired) electrons. The Kier molecular flexibility index (Phi) is 4.09. The maximum absolute atomic E-state index is 8.99. The van der Waals surface area contributed by atoms with Gasteiger partial charge in [-0.25, -0.2) is 9.97 Å². The minimum Gasteiger partial charge on any atom is -0.496 e. The van der Waals surface area contributed by atoms with Crippen LogP contribution in [0.2, 0.25) is 0 Å². The lowest BCUT2D eigenvalue weighted by atomic mass is 10.2. The topological polar surface area (TPSA) is 67.3 Å². The first-order valence-corrected chi connectivity index (χ1v) is 5.62. The molecular weight excluding hydrogens is 230 g/mol. The number of nitrogens with zero attached hydrogens (tertiary/aromatic N) is 2. The third kappa shape index (κ3) is 2.95. The smallest absolute Gasteiger partial charge is 0.223 e. The van der Waals surface area contributed by atoms with Crippen molar-refractivity contribution in [3.63, 3.8) is 0 Å². The molecule has 5 nitrogen and oxygen atoms in total. The lowest BCUT2D eigenvalue weighted by Crippen LogP contribution is -2.06. The number of benzene rings is 1. The standard InChI is InChI=1S/C13H15N3O2/c1-18-12-5-3-2-4-10(12)8-15-13-14-7-6-11(9-17)16-13/h2-7,17H,8-9H2,1H3,(H,14,15,16). The minimum atomic E-state index is -0.0914. The van der Waals surface area contributed by atoms with Gasteiger partial charge in [0.05, 0.1) is 19.4 Å². The molecule has 5 heteroatoms. The van der Waals surface area contributed by atoms with Gasteiger partial charge in [0.1, 0.15) is 5.75 Å². The summed E-state index contributed by atoms with van der Waals surface area (Å²) < 4.78 is 5.26. The number of aromatic nitrogens is 2. The van der Waals surface area contributed by atoms with E-state index in [1.54, 1.807) is 19.4 Å². The van der Waals surface area contributed by atoms with Gasteiger partial charge in [-0.2, -0.15) is 0 Å². The lowest BCUT2D eigenvalue weighted by Gasteiger charge is -2.09. The Morgan fingerprint density at radius 3 is 2.89 bits per heavy atom. The molecular formula is C13H15N3O2. The van der Waals surface area contributed by atoms with Crippen LogP contribution in [0.3, 0.4) is 0 Å². The summed E-state index contributed by atoms with van der Waals surface area (Å²) in [7, 11) is 1.64. The molecule has 1 heterocycles. The van der Waals surface area contributed by atoms with Gasteiger partial charge in [-0.1, -0.05) is 18.2 Å². The summed E-state index contributed by atoms with van der Waals surface area (Å²) in [6.07, 6.45) is 1.61. The average molecular weight is 245 g/mol. The Morgan fingerprint density at radius 2 is 2.11 bits per heavy atom. The molecule has 0 bridgehead atoms. The van der Waals surface area contributed by atoms with E-state index in [1.807, 2.05) is 24.3 Å². The van der Waals surface area contributed by atoms with Gasteiger partial charge in [0.2, 0.25) is 5.95 Å². The number of rotatable bonds is 5. The molecule has 1 aromatic carbocycles. The van der Waals surface area contributed by atoms with Crippen LogP contribution in [0.1, 0.15) is 11.3 Å². The Labute approximate surface area is 105 Å². The molecule has 0 amide bonds. The molecule has 94 valence electrons. The number of ether oxygens (including phenoxy) is 1. The third-order valence-electron chi connectivity index (χ3n) is 2.50. The number of para-hydroxylation sites is 1. The summed E-state index contributed by atoms with van der Waals surface area (Å²) in [4.78, 5) is 8.23. The van der Waals surface area contributed by atoms with Gasteiger partial charge in [-0.05, 0) is 12.1 Å². The van der Waals surface area contributed by atoms with Gasteiger partial charge in [0.15, 0.2) is 0 Å². The van der Waals surface area contributed by atoms with Crippen molar-refractivity contribution >= 4 is 5.95 Å². The van der Waals surface area contributed by atoms with E-state index in [0.717, 1.165) is 11.3 Å². The highest BCUT2D eigenvalue weighted by Crippen LogP contribution is 2.17. The van der Waals surface area contributed by atoms with Gasteiger partial charge in [0, 0.05) is 18.3 Å². The van der Waals surface area contributed by atoms with Crippen molar-refractivity contribution in [2.24, 2.45) is 0 Å². The van der Waals surface area contributed by atoms with Crippen LogP contribution in [0.5, 0.6) is 5.75 Å². The summed E-state index contributed by atoms with van der Waals surface area (Å²) in [5.41, 5.74) is 1.62. The largest absolute Gasteiger partial charge is 0.496 e. The predicted octanol–water partition coefficient (Wildman–Crippen LogP) is 1.59. The van der Waals surface area contributed by atoms with E-state index >= 15 is 0 Å². The monoisotopic (exact) mass is 245 g/mol. The van der Waals surface area contributed by atoms with Crippen LogP contribution in [0.4, 0.5) is 5.95 Å². The molecule has 0 fully saturated rings. The van der Waals surface area contributed by atoms with Crippen LogP contribution in [0.25, 0.3) is 0 Å². The number of aliphatic hydroxyl groups excluding tert-OH is 1. The zero-order valence-corrected chi connectivity index (χ0v) is 10.1. The summed E-state index contributed by atoms with van der Waals surface area (Å²) in [6, 6.07) is 9.42. The molecule has 2 aromatic rings. The quantitative estimate of drug-likeness (QED) is 0.837. The van der Waals surface area contributed by atoms with E-state index in [-0.39, 0.29) is 6.61 Å². The number of hydrogen-bond acceptors (Lipinski definition) is 5. The molecule has 0 atom stereocenters. The second kappa shape index (κ2) is 5.97. The van der Waals surface area contributed by atoms with Crippen molar-refractivity contribution in [3.05, 3.63) is 47.8 Å². The second-order valence-electron chi connectivity index (χ2n) is 3.70. The van der Waals surface area contributed by atoms with Crippen LogP contribution in [-0.4, -0.2) is 22.2 Å². The van der Waals surface area contributed by atoms with Crippen molar-refractivity contribution in [1.29, 1.82) is 0 Å². The van der Waals surface area contributed by atoms with Gasteiger partial charge in [-0.3, -0.25) is 0 Å². The van der Waals surface area contributed by atoms with Crippen molar-refractivity contribution < 1.29 is 9.84 Å². The third-order valence-corrected chi connectivity index (χ3v) is 2.50. The molecule has 1 aromatic heterocycles. The highest BCUT2D eigenvalue weighted by atomic mass is 16.5. The first-order valence-electron chi connectivity index (χ1n) is 5.62. The minimum absolute atomic E-state index is 0.0914. The van der Waals surface area contributed by atoms with Gasteiger partial charge in [-0.15, -0.1) is 0 Å². The SMILES string of the molecule is COc1ccccc1CNc1nccc(CO)n1. The first-order chi connectivity index (χ1) is 8.83. The Morgan fingerprint density at radius 1 is 1.28 bits per heavy atom. The molecule has 2 rings (SSSR count). The molecule has 18 heavy (non-hydrogen) atoms. The molecule has 0 unspecified atom stereocenters. The molecule has 2 N–H and O–H groups in total. The number of hydrogen-bond donors (Lipinski definition) is 2. The second-order valence-corrected chi connectivity index (χ2v) is 3.70. The van der Waals surface area contributed by atoms with E-state index in [4.69, 9.17) is 9.84 Å². The number of aliphatic hydroxyl groups is 1. The van der Waals surface area contributed by atoms with Crippen LogP contribution in [0, 0.1) is 0 Å². The van der Waals surface area contributed by atoms with Crippen molar-refractivity contribution in [3.8, 4) is 5.75 Å². The highest BCUT2D eigenvalue weighted by Gasteiger charge is 2.03. The lowest BCUT2D eigenvalue weighted by molar-refractivity contribution is 0.277. The molecule has 0 aliphatic rings. The van der Waals surface area contributed by atoms with Crippen molar-refractivity contribution in [2.45, 2.75) is 13.2 Å². The van der Waals surface area contributed by atoms with E-state index in [2.05, 4.69) is 15.3 Å². The maximum Gasteiger partial charge on any atom is 0.223 e. The van der Waals surface area contributed by atoms with Crippen molar-refractivity contribution in [1.82, 2.24) is 9.97 Å². The molecule has 0 aliphatic carbocycles. The first kappa shape index (κ1) is 12.3. The zero-order valence-electron chi connectivity index (χ0n) is 10.1. The summed E-state index contributed by atoms with van der Waals surface area (Å²) in [5, 5.41) is 12.1.